The highest BCUT2D eigenvalue weighted by Crippen LogP contribution is 2.20. The molecule has 1 unspecified atom stereocenters. The SMILES string of the molecule is CC(CNC(=O)c1cc(-c2ccc(O)cc2)n[nH]1)Oc1cccnc1. The molecule has 0 aliphatic rings. The van der Waals surface area contributed by atoms with E-state index in [9.17, 15) is 9.90 Å². The Kier molecular flexibility index (Phi) is 4.94. The second-order valence-electron chi connectivity index (χ2n) is 5.54. The number of ether oxygens (including phenoxy) is 1. The minimum Gasteiger partial charge on any atom is -0.508 e. The molecule has 0 spiro atoms. The lowest BCUT2D eigenvalue weighted by Crippen LogP contribution is -2.33. The third-order valence-corrected chi connectivity index (χ3v) is 3.51. The van der Waals surface area contributed by atoms with E-state index in [0.717, 1.165) is 5.56 Å². The van der Waals surface area contributed by atoms with Crippen molar-refractivity contribution in [1.82, 2.24) is 20.5 Å². The van der Waals surface area contributed by atoms with E-state index in [4.69, 9.17) is 4.74 Å². The molecule has 0 fully saturated rings. The number of carbonyl (C=O) groups is 1. The van der Waals surface area contributed by atoms with E-state index >= 15 is 0 Å². The molecular weight excluding hydrogens is 320 g/mol. The molecule has 3 rings (SSSR count). The number of H-pyrrole nitrogens is 1. The van der Waals surface area contributed by atoms with Crippen LogP contribution < -0.4 is 10.1 Å². The maximum Gasteiger partial charge on any atom is 0.269 e. The minimum absolute atomic E-state index is 0.180. The zero-order chi connectivity index (χ0) is 17.6. The topological polar surface area (TPSA) is 100 Å². The maximum atomic E-state index is 12.2. The van der Waals surface area contributed by atoms with E-state index in [1.54, 1.807) is 48.8 Å². The number of hydrogen-bond donors (Lipinski definition) is 3. The normalized spacial score (nSPS) is 11.7. The molecule has 25 heavy (non-hydrogen) atoms. The van der Waals surface area contributed by atoms with Crippen molar-refractivity contribution in [3.8, 4) is 22.8 Å². The number of aromatic amines is 1. The van der Waals surface area contributed by atoms with Crippen molar-refractivity contribution < 1.29 is 14.6 Å². The molecule has 2 heterocycles. The lowest BCUT2D eigenvalue weighted by Gasteiger charge is -2.14. The van der Waals surface area contributed by atoms with Crippen molar-refractivity contribution in [3.63, 3.8) is 0 Å². The molecule has 1 aromatic carbocycles. The fourth-order valence-corrected chi connectivity index (χ4v) is 2.24. The zero-order valence-corrected chi connectivity index (χ0v) is 13.6. The Morgan fingerprint density at radius 2 is 2.12 bits per heavy atom. The molecular formula is C18H18N4O3. The van der Waals surface area contributed by atoms with Crippen LogP contribution in [0.4, 0.5) is 0 Å². The average Bonchev–Trinajstić information content (AvgIpc) is 3.11. The lowest BCUT2D eigenvalue weighted by atomic mass is 10.1. The molecule has 3 N–H and O–H groups in total. The number of amides is 1. The molecule has 2 aromatic heterocycles. The van der Waals surface area contributed by atoms with Crippen molar-refractivity contribution in [3.05, 3.63) is 60.6 Å². The van der Waals surface area contributed by atoms with Gasteiger partial charge < -0.3 is 15.2 Å². The number of hydrogen-bond acceptors (Lipinski definition) is 5. The molecule has 0 saturated carbocycles. The predicted molar refractivity (Wildman–Crippen MR) is 92.3 cm³/mol. The van der Waals surface area contributed by atoms with Gasteiger partial charge in [0, 0.05) is 11.8 Å². The van der Waals surface area contributed by atoms with Crippen LogP contribution in [0.25, 0.3) is 11.3 Å². The Bertz CT molecular complexity index is 831. The summed E-state index contributed by atoms with van der Waals surface area (Å²) < 4.78 is 5.66. The van der Waals surface area contributed by atoms with Crippen LogP contribution in [0.3, 0.4) is 0 Å². The van der Waals surface area contributed by atoms with E-state index in [2.05, 4.69) is 20.5 Å². The second kappa shape index (κ2) is 7.48. The molecule has 0 saturated heterocycles. The van der Waals surface area contributed by atoms with Crippen LogP contribution in [0.2, 0.25) is 0 Å². The first kappa shape index (κ1) is 16.5. The average molecular weight is 338 g/mol. The third kappa shape index (κ3) is 4.35. The van der Waals surface area contributed by atoms with Crippen molar-refractivity contribution in [2.45, 2.75) is 13.0 Å². The summed E-state index contributed by atoms with van der Waals surface area (Å²) in [4.78, 5) is 16.2. The molecule has 3 aromatic rings. The van der Waals surface area contributed by atoms with Crippen LogP contribution in [-0.2, 0) is 0 Å². The van der Waals surface area contributed by atoms with Gasteiger partial charge in [-0.15, -0.1) is 0 Å². The second-order valence-corrected chi connectivity index (χ2v) is 5.54. The number of nitrogens with one attached hydrogen (secondary N) is 2. The maximum absolute atomic E-state index is 12.2. The third-order valence-electron chi connectivity index (χ3n) is 3.51. The number of aromatic nitrogens is 3. The van der Waals surface area contributed by atoms with Crippen molar-refractivity contribution in [1.29, 1.82) is 0 Å². The summed E-state index contributed by atoms with van der Waals surface area (Å²) in [7, 11) is 0. The number of rotatable bonds is 6. The number of benzene rings is 1. The zero-order valence-electron chi connectivity index (χ0n) is 13.6. The van der Waals surface area contributed by atoms with Crippen LogP contribution in [0.5, 0.6) is 11.5 Å². The monoisotopic (exact) mass is 338 g/mol. The fraction of sp³-hybridized carbons (Fsp3) is 0.167. The van der Waals surface area contributed by atoms with Gasteiger partial charge in [-0.25, -0.2) is 0 Å². The molecule has 0 bridgehead atoms. The van der Waals surface area contributed by atoms with Gasteiger partial charge in [-0.3, -0.25) is 14.9 Å². The first-order valence-corrected chi connectivity index (χ1v) is 7.81. The van der Waals surface area contributed by atoms with E-state index in [0.29, 0.717) is 23.7 Å². The summed E-state index contributed by atoms with van der Waals surface area (Å²) in [6.07, 6.45) is 3.09. The van der Waals surface area contributed by atoms with E-state index < -0.39 is 0 Å². The molecule has 1 atom stereocenters. The van der Waals surface area contributed by atoms with Gasteiger partial charge >= 0.3 is 0 Å². The summed E-state index contributed by atoms with van der Waals surface area (Å²) in [5.74, 6) is 0.569. The van der Waals surface area contributed by atoms with Crippen LogP contribution in [0.15, 0.2) is 54.9 Å². The Hall–Kier alpha value is -3.35. The number of aromatic hydroxyl groups is 1. The summed E-state index contributed by atoms with van der Waals surface area (Å²) >= 11 is 0. The number of phenolic OH excluding ortho intramolecular Hbond substituents is 1. The molecule has 0 aliphatic carbocycles. The van der Waals surface area contributed by atoms with Crippen LogP contribution >= 0.6 is 0 Å². The van der Waals surface area contributed by atoms with Crippen LogP contribution in [0.1, 0.15) is 17.4 Å². The van der Waals surface area contributed by atoms with Gasteiger partial charge in [0.05, 0.1) is 18.4 Å². The molecule has 0 aliphatic heterocycles. The van der Waals surface area contributed by atoms with Gasteiger partial charge in [0.2, 0.25) is 0 Å². The standard InChI is InChI=1S/C18H18N4O3/c1-12(25-15-3-2-8-19-11-15)10-20-18(24)17-9-16(21-22-17)13-4-6-14(23)7-5-13/h2-9,11-12,23H,10H2,1H3,(H,20,24)(H,21,22). The molecule has 7 nitrogen and oxygen atoms in total. The Morgan fingerprint density at radius 3 is 2.84 bits per heavy atom. The predicted octanol–water partition coefficient (Wildman–Crippen LogP) is 2.37. The first-order valence-electron chi connectivity index (χ1n) is 7.81. The smallest absolute Gasteiger partial charge is 0.269 e. The van der Waals surface area contributed by atoms with E-state index in [1.165, 1.54) is 0 Å². The van der Waals surface area contributed by atoms with E-state index in [1.807, 2.05) is 13.0 Å². The lowest BCUT2D eigenvalue weighted by molar-refractivity contribution is 0.0927. The van der Waals surface area contributed by atoms with E-state index in [-0.39, 0.29) is 17.8 Å². The molecule has 1 amide bonds. The van der Waals surface area contributed by atoms with Gasteiger partial charge in [0.15, 0.2) is 0 Å². The van der Waals surface area contributed by atoms with Crippen molar-refractivity contribution in [2.24, 2.45) is 0 Å². The Balaban J connectivity index is 1.56. The Labute approximate surface area is 144 Å². The minimum atomic E-state index is -0.265. The van der Waals surface area contributed by atoms with Gasteiger partial charge in [-0.05, 0) is 49.4 Å². The van der Waals surface area contributed by atoms with Crippen molar-refractivity contribution >= 4 is 5.91 Å². The Morgan fingerprint density at radius 1 is 1.32 bits per heavy atom. The first-order chi connectivity index (χ1) is 12.1. The number of nitrogens with zero attached hydrogens (tertiary/aromatic N) is 2. The quantitative estimate of drug-likeness (QED) is 0.641. The highest BCUT2D eigenvalue weighted by atomic mass is 16.5. The van der Waals surface area contributed by atoms with Gasteiger partial charge in [0.1, 0.15) is 23.3 Å². The molecule has 128 valence electrons. The van der Waals surface area contributed by atoms with Gasteiger partial charge in [-0.2, -0.15) is 5.10 Å². The number of pyridine rings is 1. The fourth-order valence-electron chi connectivity index (χ4n) is 2.24. The summed E-state index contributed by atoms with van der Waals surface area (Å²) in [6.45, 7) is 2.21. The molecule has 0 radical (unpaired) electrons. The van der Waals surface area contributed by atoms with Crippen LogP contribution in [0, 0.1) is 0 Å². The summed E-state index contributed by atoms with van der Waals surface area (Å²) in [5, 5.41) is 19.0. The van der Waals surface area contributed by atoms with Gasteiger partial charge in [-0.1, -0.05) is 0 Å². The molecule has 7 heteroatoms. The summed E-state index contributed by atoms with van der Waals surface area (Å²) in [5.41, 5.74) is 1.79. The largest absolute Gasteiger partial charge is 0.508 e. The highest BCUT2D eigenvalue weighted by molar-refractivity contribution is 5.93. The summed E-state index contributed by atoms with van der Waals surface area (Å²) in [6, 6.07) is 11.9. The van der Waals surface area contributed by atoms with Gasteiger partial charge in [0.25, 0.3) is 5.91 Å². The van der Waals surface area contributed by atoms with Crippen molar-refractivity contribution in [2.75, 3.05) is 6.54 Å². The van der Waals surface area contributed by atoms with Crippen LogP contribution in [-0.4, -0.2) is 38.8 Å². The number of carbonyl (C=O) groups excluding carboxylic acids is 1. The highest BCUT2D eigenvalue weighted by Gasteiger charge is 2.13. The number of phenols is 1.